The standard InChI is InChI=1S/C11H11IN2/c1-9-11(12)7-13-14(9)8-10-5-3-2-4-6-10/h2-7H,8H2,1H3. The zero-order valence-corrected chi connectivity index (χ0v) is 10.1. The van der Waals surface area contributed by atoms with Gasteiger partial charge >= 0.3 is 0 Å². The van der Waals surface area contributed by atoms with E-state index in [0.717, 1.165) is 6.54 Å². The van der Waals surface area contributed by atoms with Crippen LogP contribution in [0.4, 0.5) is 0 Å². The summed E-state index contributed by atoms with van der Waals surface area (Å²) in [5.74, 6) is 0. The van der Waals surface area contributed by atoms with E-state index >= 15 is 0 Å². The van der Waals surface area contributed by atoms with Crippen molar-refractivity contribution in [2.45, 2.75) is 13.5 Å². The Morgan fingerprint density at radius 3 is 2.57 bits per heavy atom. The van der Waals surface area contributed by atoms with E-state index in [2.05, 4.69) is 58.9 Å². The lowest BCUT2D eigenvalue weighted by molar-refractivity contribution is 0.664. The average molecular weight is 298 g/mol. The molecule has 0 saturated heterocycles. The molecule has 0 aliphatic rings. The van der Waals surface area contributed by atoms with Gasteiger partial charge in [-0.25, -0.2) is 0 Å². The van der Waals surface area contributed by atoms with E-state index in [1.54, 1.807) is 0 Å². The number of nitrogens with zero attached hydrogens (tertiary/aromatic N) is 2. The van der Waals surface area contributed by atoms with Gasteiger partial charge in [0.05, 0.1) is 16.3 Å². The molecular weight excluding hydrogens is 287 g/mol. The average Bonchev–Trinajstić information content (AvgIpc) is 2.52. The molecule has 0 atom stereocenters. The maximum atomic E-state index is 4.32. The first-order valence-electron chi connectivity index (χ1n) is 4.49. The lowest BCUT2D eigenvalue weighted by Gasteiger charge is -2.03. The van der Waals surface area contributed by atoms with Gasteiger partial charge in [0.25, 0.3) is 0 Å². The molecule has 2 nitrogen and oxygen atoms in total. The van der Waals surface area contributed by atoms with Crippen molar-refractivity contribution in [1.82, 2.24) is 9.78 Å². The Balaban J connectivity index is 2.23. The number of benzene rings is 1. The van der Waals surface area contributed by atoms with Crippen molar-refractivity contribution in [3.05, 3.63) is 51.4 Å². The molecule has 72 valence electrons. The van der Waals surface area contributed by atoms with Gasteiger partial charge in [0.2, 0.25) is 0 Å². The molecule has 0 amide bonds. The van der Waals surface area contributed by atoms with Gasteiger partial charge in [-0.3, -0.25) is 4.68 Å². The van der Waals surface area contributed by atoms with Gasteiger partial charge in [0.1, 0.15) is 0 Å². The third-order valence-electron chi connectivity index (χ3n) is 2.22. The smallest absolute Gasteiger partial charge is 0.0662 e. The Kier molecular flexibility index (Phi) is 2.86. The molecule has 1 aromatic heterocycles. The van der Waals surface area contributed by atoms with Crippen molar-refractivity contribution in [3.63, 3.8) is 0 Å². The van der Waals surface area contributed by atoms with Crippen LogP contribution in [-0.2, 0) is 6.54 Å². The third-order valence-corrected chi connectivity index (χ3v) is 3.28. The van der Waals surface area contributed by atoms with Crippen molar-refractivity contribution >= 4 is 22.6 Å². The minimum Gasteiger partial charge on any atom is -0.264 e. The SMILES string of the molecule is Cc1c(I)cnn1Cc1ccccc1. The van der Waals surface area contributed by atoms with E-state index < -0.39 is 0 Å². The molecule has 0 unspecified atom stereocenters. The number of hydrogen-bond acceptors (Lipinski definition) is 1. The number of halogens is 1. The lowest BCUT2D eigenvalue weighted by Crippen LogP contribution is -2.03. The zero-order valence-electron chi connectivity index (χ0n) is 7.94. The van der Waals surface area contributed by atoms with Crippen molar-refractivity contribution in [1.29, 1.82) is 0 Å². The second-order valence-corrected chi connectivity index (χ2v) is 4.38. The van der Waals surface area contributed by atoms with Crippen LogP contribution >= 0.6 is 22.6 Å². The quantitative estimate of drug-likeness (QED) is 0.780. The molecule has 0 saturated carbocycles. The van der Waals surface area contributed by atoms with Gasteiger partial charge in [-0.05, 0) is 35.1 Å². The van der Waals surface area contributed by atoms with Crippen molar-refractivity contribution in [2.24, 2.45) is 0 Å². The minimum absolute atomic E-state index is 0.857. The summed E-state index contributed by atoms with van der Waals surface area (Å²) in [6.07, 6.45) is 1.90. The van der Waals surface area contributed by atoms with Crippen LogP contribution in [0.2, 0.25) is 0 Å². The van der Waals surface area contributed by atoms with Gasteiger partial charge in [-0.2, -0.15) is 5.10 Å². The topological polar surface area (TPSA) is 17.8 Å². The summed E-state index contributed by atoms with van der Waals surface area (Å²) in [6, 6.07) is 10.4. The molecule has 1 aromatic carbocycles. The Morgan fingerprint density at radius 2 is 2.00 bits per heavy atom. The molecule has 2 rings (SSSR count). The monoisotopic (exact) mass is 298 g/mol. The fourth-order valence-electron chi connectivity index (χ4n) is 1.34. The second-order valence-electron chi connectivity index (χ2n) is 3.22. The van der Waals surface area contributed by atoms with Crippen LogP contribution in [0.3, 0.4) is 0 Å². The van der Waals surface area contributed by atoms with Crippen LogP contribution in [0.1, 0.15) is 11.3 Å². The largest absolute Gasteiger partial charge is 0.264 e. The highest BCUT2D eigenvalue weighted by molar-refractivity contribution is 14.1. The van der Waals surface area contributed by atoms with E-state index in [4.69, 9.17) is 0 Å². The molecule has 0 bridgehead atoms. The first kappa shape index (κ1) is 9.71. The molecule has 2 aromatic rings. The van der Waals surface area contributed by atoms with Crippen LogP contribution in [-0.4, -0.2) is 9.78 Å². The number of rotatable bonds is 2. The molecule has 0 fully saturated rings. The molecule has 0 spiro atoms. The molecule has 0 aliphatic carbocycles. The zero-order chi connectivity index (χ0) is 9.97. The highest BCUT2D eigenvalue weighted by Gasteiger charge is 2.02. The molecule has 1 heterocycles. The summed E-state index contributed by atoms with van der Waals surface area (Å²) in [7, 11) is 0. The van der Waals surface area contributed by atoms with Gasteiger partial charge in [0.15, 0.2) is 0 Å². The van der Waals surface area contributed by atoms with Crippen molar-refractivity contribution < 1.29 is 0 Å². The van der Waals surface area contributed by atoms with Gasteiger partial charge in [-0.15, -0.1) is 0 Å². The maximum Gasteiger partial charge on any atom is 0.0662 e. The fourth-order valence-corrected chi connectivity index (χ4v) is 1.74. The molecule has 0 N–H and O–H groups in total. The van der Waals surface area contributed by atoms with Gasteiger partial charge in [-0.1, -0.05) is 30.3 Å². The normalized spacial score (nSPS) is 10.4. The highest BCUT2D eigenvalue weighted by atomic mass is 127. The Morgan fingerprint density at radius 1 is 1.29 bits per heavy atom. The minimum atomic E-state index is 0.857. The first-order chi connectivity index (χ1) is 6.77. The summed E-state index contributed by atoms with van der Waals surface area (Å²) in [5, 5.41) is 4.32. The van der Waals surface area contributed by atoms with E-state index in [1.165, 1.54) is 14.8 Å². The maximum absolute atomic E-state index is 4.32. The van der Waals surface area contributed by atoms with E-state index in [-0.39, 0.29) is 0 Å². The summed E-state index contributed by atoms with van der Waals surface area (Å²) in [6.45, 7) is 2.95. The van der Waals surface area contributed by atoms with Crippen LogP contribution in [0.15, 0.2) is 36.5 Å². The highest BCUT2D eigenvalue weighted by Crippen LogP contribution is 2.11. The van der Waals surface area contributed by atoms with Crippen molar-refractivity contribution in [2.75, 3.05) is 0 Å². The van der Waals surface area contributed by atoms with Crippen LogP contribution in [0.25, 0.3) is 0 Å². The fraction of sp³-hybridized carbons (Fsp3) is 0.182. The van der Waals surface area contributed by atoms with Crippen LogP contribution in [0.5, 0.6) is 0 Å². The van der Waals surface area contributed by atoms with Gasteiger partial charge in [0, 0.05) is 5.69 Å². The molecule has 0 radical (unpaired) electrons. The van der Waals surface area contributed by atoms with Crippen molar-refractivity contribution in [3.8, 4) is 0 Å². The van der Waals surface area contributed by atoms with Crippen LogP contribution in [0, 0.1) is 10.5 Å². The number of aromatic nitrogens is 2. The summed E-state index contributed by atoms with van der Waals surface area (Å²) < 4.78 is 3.25. The predicted octanol–water partition coefficient (Wildman–Crippen LogP) is 2.84. The summed E-state index contributed by atoms with van der Waals surface area (Å²) in [5.41, 5.74) is 2.52. The predicted molar refractivity (Wildman–Crippen MR) is 65.2 cm³/mol. The molecule has 14 heavy (non-hydrogen) atoms. The Labute approximate surface area is 97.1 Å². The lowest BCUT2D eigenvalue weighted by atomic mass is 10.2. The summed E-state index contributed by atoms with van der Waals surface area (Å²) >= 11 is 2.30. The van der Waals surface area contributed by atoms with Crippen LogP contribution < -0.4 is 0 Å². The van der Waals surface area contributed by atoms with E-state index in [0.29, 0.717) is 0 Å². The van der Waals surface area contributed by atoms with E-state index in [9.17, 15) is 0 Å². The molecule has 3 heteroatoms. The van der Waals surface area contributed by atoms with E-state index in [1.807, 2.05) is 16.9 Å². The molecular formula is C11H11IN2. The molecule has 0 aliphatic heterocycles. The number of hydrogen-bond donors (Lipinski definition) is 0. The second kappa shape index (κ2) is 4.13. The summed E-state index contributed by atoms with van der Waals surface area (Å²) in [4.78, 5) is 0. The third kappa shape index (κ3) is 1.97. The Bertz CT molecular complexity index is 420. The Hall–Kier alpha value is -0.840. The first-order valence-corrected chi connectivity index (χ1v) is 5.57. The van der Waals surface area contributed by atoms with Gasteiger partial charge < -0.3 is 0 Å².